The molecule has 2 N–H and O–H groups in total. The predicted octanol–water partition coefficient (Wildman–Crippen LogP) is 1.37. The molecule has 2 aromatic rings. The summed E-state index contributed by atoms with van der Waals surface area (Å²) in [5.41, 5.74) is 1.36. The van der Waals surface area contributed by atoms with Gasteiger partial charge in [0.1, 0.15) is 0 Å². The molecule has 0 fully saturated rings. The molecule has 0 spiro atoms. The van der Waals surface area contributed by atoms with E-state index < -0.39 is 16.1 Å². The highest BCUT2D eigenvalue weighted by atomic mass is 32.2. The lowest BCUT2D eigenvalue weighted by atomic mass is 10.1. The molecule has 0 aliphatic heterocycles. The Morgan fingerprint density at radius 2 is 1.63 bits per heavy atom. The van der Waals surface area contributed by atoms with E-state index in [0.29, 0.717) is 12.1 Å². The first-order valence-corrected chi connectivity index (χ1v) is 9.86. The molecule has 0 heterocycles. The van der Waals surface area contributed by atoms with Crippen LogP contribution in [0, 0.1) is 0 Å². The van der Waals surface area contributed by atoms with Crippen LogP contribution in [-0.2, 0) is 21.4 Å². The molecule has 0 saturated heterocycles. The van der Waals surface area contributed by atoms with Crippen LogP contribution in [0.15, 0.2) is 59.5 Å². The Morgan fingerprint density at radius 3 is 2.19 bits per heavy atom. The molecule has 2 amide bonds. The van der Waals surface area contributed by atoms with Crippen molar-refractivity contribution in [3.8, 4) is 0 Å². The lowest BCUT2D eigenvalue weighted by Gasteiger charge is -2.22. The lowest BCUT2D eigenvalue weighted by molar-refractivity contribution is -0.131. The molecule has 0 radical (unpaired) electrons. The summed E-state index contributed by atoms with van der Waals surface area (Å²) >= 11 is 0. The van der Waals surface area contributed by atoms with Gasteiger partial charge in [-0.1, -0.05) is 30.3 Å². The second kappa shape index (κ2) is 8.79. The standard InChI is InChI=1S/C19H23N3O4S/c1-14(21-27(25,26)17-7-5-4-6-8-17)19(24)22(3)13-15-9-11-16(12-10-15)18(23)20-2/h4-12,14,21H,13H2,1-3H3,(H,20,23)/t14-/m0/s1. The number of carbonyl (C=O) groups is 2. The highest BCUT2D eigenvalue weighted by molar-refractivity contribution is 7.89. The Morgan fingerprint density at radius 1 is 1.04 bits per heavy atom. The van der Waals surface area contributed by atoms with Gasteiger partial charge in [-0.05, 0) is 36.8 Å². The summed E-state index contributed by atoms with van der Waals surface area (Å²) in [6.07, 6.45) is 0. The number of nitrogens with zero attached hydrogens (tertiary/aromatic N) is 1. The molecule has 0 aliphatic carbocycles. The number of hydrogen-bond donors (Lipinski definition) is 2. The van der Waals surface area contributed by atoms with Gasteiger partial charge in [-0.25, -0.2) is 8.42 Å². The van der Waals surface area contributed by atoms with Crippen molar-refractivity contribution in [3.05, 3.63) is 65.7 Å². The van der Waals surface area contributed by atoms with Crippen molar-refractivity contribution < 1.29 is 18.0 Å². The number of likely N-dealkylation sites (N-methyl/N-ethyl adjacent to an activating group) is 1. The smallest absolute Gasteiger partial charge is 0.251 e. The van der Waals surface area contributed by atoms with Crippen LogP contribution >= 0.6 is 0 Å². The summed E-state index contributed by atoms with van der Waals surface area (Å²) < 4.78 is 27.1. The third-order valence-corrected chi connectivity index (χ3v) is 5.55. The van der Waals surface area contributed by atoms with Crippen LogP contribution in [0.1, 0.15) is 22.8 Å². The Labute approximate surface area is 159 Å². The normalized spacial score (nSPS) is 12.3. The molecule has 27 heavy (non-hydrogen) atoms. The highest BCUT2D eigenvalue weighted by Gasteiger charge is 2.24. The molecule has 8 heteroatoms. The number of hydrogen-bond acceptors (Lipinski definition) is 4. The highest BCUT2D eigenvalue weighted by Crippen LogP contribution is 2.11. The van der Waals surface area contributed by atoms with Crippen molar-refractivity contribution >= 4 is 21.8 Å². The first-order chi connectivity index (χ1) is 12.7. The van der Waals surface area contributed by atoms with Gasteiger partial charge >= 0.3 is 0 Å². The number of nitrogens with one attached hydrogen (secondary N) is 2. The van der Waals surface area contributed by atoms with Gasteiger partial charge in [0.15, 0.2) is 0 Å². The van der Waals surface area contributed by atoms with Gasteiger partial charge < -0.3 is 10.2 Å². The Kier molecular flexibility index (Phi) is 6.70. The average molecular weight is 389 g/mol. The van der Waals surface area contributed by atoms with Crippen LogP contribution in [0.3, 0.4) is 0 Å². The van der Waals surface area contributed by atoms with Gasteiger partial charge in [-0.3, -0.25) is 9.59 Å². The summed E-state index contributed by atoms with van der Waals surface area (Å²) in [5, 5.41) is 2.54. The number of rotatable bonds is 7. The minimum Gasteiger partial charge on any atom is -0.355 e. The molecular formula is C19H23N3O4S. The molecule has 0 aromatic heterocycles. The largest absolute Gasteiger partial charge is 0.355 e. The second-order valence-electron chi connectivity index (χ2n) is 6.13. The molecule has 0 saturated carbocycles. The minimum absolute atomic E-state index is 0.108. The van der Waals surface area contributed by atoms with Crippen LogP contribution < -0.4 is 10.0 Å². The van der Waals surface area contributed by atoms with Crippen LogP contribution in [-0.4, -0.2) is 45.3 Å². The molecule has 144 valence electrons. The topological polar surface area (TPSA) is 95.6 Å². The molecule has 0 bridgehead atoms. The molecule has 0 unspecified atom stereocenters. The molecule has 7 nitrogen and oxygen atoms in total. The maximum Gasteiger partial charge on any atom is 0.251 e. The van der Waals surface area contributed by atoms with Crippen molar-refractivity contribution in [2.24, 2.45) is 0 Å². The van der Waals surface area contributed by atoms with E-state index in [-0.39, 0.29) is 16.7 Å². The van der Waals surface area contributed by atoms with Gasteiger partial charge in [0.05, 0.1) is 10.9 Å². The van der Waals surface area contributed by atoms with E-state index in [1.807, 2.05) is 0 Å². The van der Waals surface area contributed by atoms with E-state index in [1.165, 1.54) is 24.0 Å². The first kappa shape index (κ1) is 20.6. The third-order valence-electron chi connectivity index (χ3n) is 4.00. The quantitative estimate of drug-likeness (QED) is 0.748. The minimum atomic E-state index is -3.77. The summed E-state index contributed by atoms with van der Waals surface area (Å²) in [7, 11) is -0.615. The van der Waals surface area contributed by atoms with Crippen molar-refractivity contribution in [3.63, 3.8) is 0 Å². The van der Waals surface area contributed by atoms with Gasteiger partial charge in [0.2, 0.25) is 15.9 Å². The van der Waals surface area contributed by atoms with Crippen LogP contribution in [0.5, 0.6) is 0 Å². The fourth-order valence-electron chi connectivity index (χ4n) is 2.54. The molecule has 2 aromatic carbocycles. The molecule has 1 atom stereocenters. The summed E-state index contributed by atoms with van der Waals surface area (Å²) in [6.45, 7) is 1.80. The zero-order chi connectivity index (χ0) is 20.0. The molecule has 0 aliphatic rings. The third kappa shape index (κ3) is 5.38. The van der Waals surface area contributed by atoms with E-state index in [0.717, 1.165) is 5.56 Å². The maximum atomic E-state index is 12.5. The second-order valence-corrected chi connectivity index (χ2v) is 7.84. The number of sulfonamides is 1. The monoisotopic (exact) mass is 389 g/mol. The lowest BCUT2D eigenvalue weighted by Crippen LogP contribution is -2.45. The SMILES string of the molecule is CNC(=O)c1ccc(CN(C)C(=O)[C@H](C)NS(=O)(=O)c2ccccc2)cc1. The summed E-state index contributed by atoms with van der Waals surface area (Å²) in [6, 6.07) is 13.9. The van der Waals surface area contributed by atoms with Crippen molar-refractivity contribution in [1.82, 2.24) is 14.9 Å². The fourth-order valence-corrected chi connectivity index (χ4v) is 3.76. The summed E-state index contributed by atoms with van der Waals surface area (Å²) in [5.74, 6) is -0.542. The van der Waals surface area contributed by atoms with Gasteiger partial charge in [0, 0.05) is 26.2 Å². The van der Waals surface area contributed by atoms with Gasteiger partial charge in [0.25, 0.3) is 5.91 Å². The van der Waals surface area contributed by atoms with Gasteiger partial charge in [-0.2, -0.15) is 4.72 Å². The first-order valence-electron chi connectivity index (χ1n) is 8.38. The van der Waals surface area contributed by atoms with E-state index in [1.54, 1.807) is 56.6 Å². The number of carbonyl (C=O) groups excluding carboxylic acids is 2. The Hall–Kier alpha value is -2.71. The Balaban J connectivity index is 2.01. The predicted molar refractivity (Wildman–Crippen MR) is 103 cm³/mol. The van der Waals surface area contributed by atoms with Crippen molar-refractivity contribution in [1.29, 1.82) is 0 Å². The molecular weight excluding hydrogens is 366 g/mol. The average Bonchev–Trinajstić information content (AvgIpc) is 2.67. The fraction of sp³-hybridized carbons (Fsp3) is 0.263. The zero-order valence-corrected chi connectivity index (χ0v) is 16.3. The number of amides is 2. The van der Waals surface area contributed by atoms with Crippen molar-refractivity contribution in [2.45, 2.75) is 24.4 Å². The summed E-state index contributed by atoms with van der Waals surface area (Å²) in [4.78, 5) is 25.6. The Bertz CT molecular complexity index is 896. The van der Waals surface area contributed by atoms with Crippen LogP contribution in [0.25, 0.3) is 0 Å². The molecule has 2 rings (SSSR count). The van der Waals surface area contributed by atoms with Crippen molar-refractivity contribution in [2.75, 3.05) is 14.1 Å². The van der Waals surface area contributed by atoms with E-state index in [9.17, 15) is 18.0 Å². The number of benzene rings is 2. The maximum absolute atomic E-state index is 12.5. The van der Waals surface area contributed by atoms with E-state index in [2.05, 4.69) is 10.0 Å². The van der Waals surface area contributed by atoms with Crippen LogP contribution in [0.4, 0.5) is 0 Å². The zero-order valence-electron chi connectivity index (χ0n) is 15.5. The van der Waals surface area contributed by atoms with Crippen LogP contribution in [0.2, 0.25) is 0 Å². The van der Waals surface area contributed by atoms with E-state index in [4.69, 9.17) is 0 Å². The van der Waals surface area contributed by atoms with E-state index >= 15 is 0 Å². The van der Waals surface area contributed by atoms with Gasteiger partial charge in [-0.15, -0.1) is 0 Å².